The lowest BCUT2D eigenvalue weighted by atomic mass is 10.2. The van der Waals surface area contributed by atoms with Crippen LogP contribution in [0.3, 0.4) is 0 Å². The minimum absolute atomic E-state index is 0.0851. The van der Waals surface area contributed by atoms with Gasteiger partial charge in [-0.15, -0.1) is 0 Å². The van der Waals surface area contributed by atoms with Gasteiger partial charge in [0.2, 0.25) is 0 Å². The molecule has 0 fully saturated rings. The molecule has 0 aromatic heterocycles. The van der Waals surface area contributed by atoms with E-state index in [0.717, 1.165) is 6.07 Å². The molecule has 2 rings (SSSR count). The number of anilines is 2. The Bertz CT molecular complexity index is 494. The molecule has 0 unspecified atom stereocenters. The topological polar surface area (TPSA) is 32.3 Å². The SMILES string of the molecule is Oc1cccc(Nc2cc(F)cc(F)c2)c1. The number of phenolic OH excluding ortho intramolecular Hbond substituents is 1. The molecule has 2 nitrogen and oxygen atoms in total. The summed E-state index contributed by atoms with van der Waals surface area (Å²) in [5.74, 6) is -1.22. The van der Waals surface area contributed by atoms with Gasteiger partial charge in [0.1, 0.15) is 17.4 Å². The van der Waals surface area contributed by atoms with Gasteiger partial charge in [-0.2, -0.15) is 0 Å². The molecule has 2 aromatic carbocycles. The fourth-order valence-electron chi connectivity index (χ4n) is 1.38. The number of hydrogen-bond donors (Lipinski definition) is 2. The number of halogens is 2. The lowest BCUT2D eigenvalue weighted by molar-refractivity contribution is 0.475. The summed E-state index contributed by atoms with van der Waals surface area (Å²) in [5, 5.41) is 12.0. The van der Waals surface area contributed by atoms with Crippen LogP contribution in [0.2, 0.25) is 0 Å². The molecule has 0 heterocycles. The molecule has 0 saturated heterocycles. The number of phenols is 1. The standard InChI is InChI=1S/C12H9F2NO/c13-8-4-9(14)6-11(5-8)15-10-2-1-3-12(16)7-10/h1-7,15-16H. The molecule has 0 aliphatic heterocycles. The van der Waals surface area contributed by atoms with Crippen LogP contribution in [-0.4, -0.2) is 5.11 Å². The lowest BCUT2D eigenvalue weighted by Crippen LogP contribution is -1.92. The van der Waals surface area contributed by atoms with Gasteiger partial charge in [0.25, 0.3) is 0 Å². The maximum Gasteiger partial charge on any atom is 0.128 e. The molecular formula is C12H9F2NO. The van der Waals surface area contributed by atoms with Gasteiger partial charge in [-0.3, -0.25) is 0 Å². The second-order valence-electron chi connectivity index (χ2n) is 3.33. The van der Waals surface area contributed by atoms with Crippen LogP contribution in [0.4, 0.5) is 20.2 Å². The molecule has 0 radical (unpaired) electrons. The Morgan fingerprint density at radius 1 is 0.875 bits per heavy atom. The van der Waals surface area contributed by atoms with Crippen molar-refractivity contribution in [2.24, 2.45) is 0 Å². The molecular weight excluding hydrogens is 212 g/mol. The fraction of sp³-hybridized carbons (Fsp3) is 0. The number of aromatic hydroxyl groups is 1. The van der Waals surface area contributed by atoms with Crippen LogP contribution in [0.5, 0.6) is 5.75 Å². The van der Waals surface area contributed by atoms with Crippen LogP contribution in [0.25, 0.3) is 0 Å². The van der Waals surface area contributed by atoms with Crippen LogP contribution in [-0.2, 0) is 0 Å². The van der Waals surface area contributed by atoms with Gasteiger partial charge in [0.15, 0.2) is 0 Å². The van der Waals surface area contributed by atoms with E-state index < -0.39 is 11.6 Å². The van der Waals surface area contributed by atoms with Crippen molar-refractivity contribution in [3.63, 3.8) is 0 Å². The average molecular weight is 221 g/mol. The van der Waals surface area contributed by atoms with Crippen LogP contribution in [0.15, 0.2) is 42.5 Å². The molecule has 4 heteroatoms. The molecule has 0 aliphatic rings. The molecule has 16 heavy (non-hydrogen) atoms. The summed E-state index contributed by atoms with van der Waals surface area (Å²) in [4.78, 5) is 0. The van der Waals surface area contributed by atoms with Gasteiger partial charge in [0.05, 0.1) is 0 Å². The van der Waals surface area contributed by atoms with Crippen molar-refractivity contribution in [2.45, 2.75) is 0 Å². The van der Waals surface area contributed by atoms with Crippen molar-refractivity contribution in [2.75, 3.05) is 5.32 Å². The first-order valence-electron chi connectivity index (χ1n) is 4.65. The van der Waals surface area contributed by atoms with E-state index >= 15 is 0 Å². The zero-order chi connectivity index (χ0) is 11.5. The Hall–Kier alpha value is -2.10. The highest BCUT2D eigenvalue weighted by Gasteiger charge is 2.01. The van der Waals surface area contributed by atoms with E-state index in [0.29, 0.717) is 11.4 Å². The molecule has 0 atom stereocenters. The van der Waals surface area contributed by atoms with Crippen molar-refractivity contribution >= 4 is 11.4 Å². The number of benzene rings is 2. The molecule has 0 bridgehead atoms. The summed E-state index contributed by atoms with van der Waals surface area (Å²) in [6.45, 7) is 0. The Kier molecular flexibility index (Phi) is 2.72. The number of rotatable bonds is 2. The minimum atomic E-state index is -0.650. The zero-order valence-corrected chi connectivity index (χ0v) is 8.24. The molecule has 0 aliphatic carbocycles. The number of nitrogens with one attached hydrogen (secondary N) is 1. The Labute approximate surface area is 91.2 Å². The molecule has 2 aromatic rings. The molecule has 0 amide bonds. The highest BCUT2D eigenvalue weighted by atomic mass is 19.1. The Morgan fingerprint density at radius 2 is 1.56 bits per heavy atom. The van der Waals surface area contributed by atoms with E-state index in [2.05, 4.69) is 5.32 Å². The summed E-state index contributed by atoms with van der Waals surface area (Å²) in [6, 6.07) is 9.43. The summed E-state index contributed by atoms with van der Waals surface area (Å²) < 4.78 is 25.8. The highest BCUT2D eigenvalue weighted by molar-refractivity contribution is 5.61. The van der Waals surface area contributed by atoms with Gasteiger partial charge >= 0.3 is 0 Å². The number of hydrogen-bond acceptors (Lipinski definition) is 2. The normalized spacial score (nSPS) is 10.1. The first kappa shape index (κ1) is 10.4. The van der Waals surface area contributed by atoms with E-state index in [4.69, 9.17) is 0 Å². The van der Waals surface area contributed by atoms with Gasteiger partial charge in [-0.25, -0.2) is 8.78 Å². The second kappa shape index (κ2) is 4.18. The van der Waals surface area contributed by atoms with E-state index in [1.807, 2.05) is 0 Å². The maximum absolute atomic E-state index is 12.9. The Morgan fingerprint density at radius 3 is 2.19 bits per heavy atom. The van der Waals surface area contributed by atoms with Crippen molar-refractivity contribution in [1.29, 1.82) is 0 Å². The average Bonchev–Trinajstić information content (AvgIpc) is 2.15. The summed E-state index contributed by atoms with van der Waals surface area (Å²) >= 11 is 0. The third-order valence-electron chi connectivity index (χ3n) is 2.00. The third-order valence-corrected chi connectivity index (χ3v) is 2.00. The van der Waals surface area contributed by atoms with Gasteiger partial charge in [-0.1, -0.05) is 6.07 Å². The van der Waals surface area contributed by atoms with Crippen LogP contribution in [0, 0.1) is 11.6 Å². The third kappa shape index (κ3) is 2.48. The van der Waals surface area contributed by atoms with Crippen LogP contribution >= 0.6 is 0 Å². The smallest absolute Gasteiger partial charge is 0.128 e. The van der Waals surface area contributed by atoms with E-state index in [-0.39, 0.29) is 5.75 Å². The highest BCUT2D eigenvalue weighted by Crippen LogP contribution is 2.21. The summed E-state index contributed by atoms with van der Waals surface area (Å²) in [6.07, 6.45) is 0. The maximum atomic E-state index is 12.9. The monoisotopic (exact) mass is 221 g/mol. The zero-order valence-electron chi connectivity index (χ0n) is 8.24. The van der Waals surface area contributed by atoms with E-state index in [1.165, 1.54) is 24.3 Å². The summed E-state index contributed by atoms with van der Waals surface area (Å²) in [5.41, 5.74) is 0.855. The largest absolute Gasteiger partial charge is 0.508 e. The predicted octanol–water partition coefficient (Wildman–Crippen LogP) is 3.41. The van der Waals surface area contributed by atoms with Gasteiger partial charge in [0, 0.05) is 23.5 Å². The molecule has 2 N–H and O–H groups in total. The molecule has 82 valence electrons. The quantitative estimate of drug-likeness (QED) is 0.814. The fourth-order valence-corrected chi connectivity index (χ4v) is 1.38. The van der Waals surface area contributed by atoms with Crippen LogP contribution < -0.4 is 5.32 Å². The van der Waals surface area contributed by atoms with Crippen molar-refractivity contribution in [1.82, 2.24) is 0 Å². The second-order valence-corrected chi connectivity index (χ2v) is 3.33. The summed E-state index contributed by atoms with van der Waals surface area (Å²) in [7, 11) is 0. The lowest BCUT2D eigenvalue weighted by Gasteiger charge is -2.06. The van der Waals surface area contributed by atoms with Crippen molar-refractivity contribution < 1.29 is 13.9 Å². The predicted molar refractivity (Wildman–Crippen MR) is 57.7 cm³/mol. The van der Waals surface area contributed by atoms with Crippen molar-refractivity contribution in [3.05, 3.63) is 54.1 Å². The van der Waals surface area contributed by atoms with Gasteiger partial charge in [-0.05, 0) is 24.3 Å². The first-order chi connectivity index (χ1) is 7.63. The minimum Gasteiger partial charge on any atom is -0.508 e. The van der Waals surface area contributed by atoms with Crippen molar-refractivity contribution in [3.8, 4) is 5.75 Å². The van der Waals surface area contributed by atoms with E-state index in [9.17, 15) is 13.9 Å². The molecule has 0 spiro atoms. The molecule has 0 saturated carbocycles. The van der Waals surface area contributed by atoms with E-state index in [1.54, 1.807) is 12.1 Å². The Balaban J connectivity index is 2.27. The van der Waals surface area contributed by atoms with Gasteiger partial charge < -0.3 is 10.4 Å². The van der Waals surface area contributed by atoms with Crippen LogP contribution in [0.1, 0.15) is 0 Å². The first-order valence-corrected chi connectivity index (χ1v) is 4.65.